The standard InChI is InChI=1S/C19H42O2Si/c1-5-9-11-13-14-15-17-19-22(20-7-3,21-8-4)18-16-12-10-6-2/h5-19H2,1-4H3. The molecule has 22 heavy (non-hydrogen) atoms. The van der Waals surface area contributed by atoms with E-state index in [0.29, 0.717) is 0 Å². The van der Waals surface area contributed by atoms with Gasteiger partial charge in [0.2, 0.25) is 0 Å². The molecule has 0 atom stereocenters. The van der Waals surface area contributed by atoms with E-state index in [0.717, 1.165) is 13.2 Å². The predicted octanol–water partition coefficient (Wildman–Crippen LogP) is 6.83. The zero-order valence-corrected chi connectivity index (χ0v) is 16.9. The van der Waals surface area contributed by atoms with E-state index in [-0.39, 0.29) is 0 Å². The Bertz CT molecular complexity index is 215. The van der Waals surface area contributed by atoms with Crippen molar-refractivity contribution in [3.05, 3.63) is 0 Å². The Morgan fingerprint density at radius 2 is 0.864 bits per heavy atom. The molecule has 0 spiro atoms. The lowest BCUT2D eigenvalue weighted by atomic mass is 10.1. The smallest absolute Gasteiger partial charge is 0.338 e. The van der Waals surface area contributed by atoms with Crippen molar-refractivity contribution in [2.75, 3.05) is 13.2 Å². The molecule has 0 saturated carbocycles. The molecule has 0 unspecified atom stereocenters. The molecule has 0 fully saturated rings. The van der Waals surface area contributed by atoms with Crippen molar-refractivity contribution < 1.29 is 8.85 Å². The van der Waals surface area contributed by atoms with E-state index < -0.39 is 8.56 Å². The Morgan fingerprint density at radius 1 is 0.500 bits per heavy atom. The van der Waals surface area contributed by atoms with Gasteiger partial charge >= 0.3 is 8.56 Å². The van der Waals surface area contributed by atoms with Gasteiger partial charge in [0.05, 0.1) is 0 Å². The van der Waals surface area contributed by atoms with E-state index in [1.54, 1.807) is 0 Å². The van der Waals surface area contributed by atoms with Gasteiger partial charge < -0.3 is 8.85 Å². The maximum Gasteiger partial charge on any atom is 0.338 e. The van der Waals surface area contributed by atoms with Gasteiger partial charge in [-0.25, -0.2) is 0 Å². The lowest BCUT2D eigenvalue weighted by Crippen LogP contribution is -2.42. The van der Waals surface area contributed by atoms with Gasteiger partial charge in [0, 0.05) is 13.2 Å². The van der Waals surface area contributed by atoms with E-state index in [2.05, 4.69) is 27.7 Å². The van der Waals surface area contributed by atoms with Crippen LogP contribution in [0.1, 0.15) is 98.3 Å². The first-order valence-electron chi connectivity index (χ1n) is 10.0. The number of unbranched alkanes of at least 4 members (excludes halogenated alkanes) is 9. The molecule has 0 aromatic carbocycles. The fourth-order valence-electron chi connectivity index (χ4n) is 3.15. The summed E-state index contributed by atoms with van der Waals surface area (Å²) in [4.78, 5) is 0. The maximum absolute atomic E-state index is 6.21. The Labute approximate surface area is 141 Å². The van der Waals surface area contributed by atoms with Crippen LogP contribution in [0, 0.1) is 0 Å². The van der Waals surface area contributed by atoms with E-state index in [1.807, 2.05) is 0 Å². The molecule has 2 nitrogen and oxygen atoms in total. The minimum absolute atomic E-state index is 0.816. The zero-order valence-electron chi connectivity index (χ0n) is 15.9. The summed E-state index contributed by atoms with van der Waals surface area (Å²) < 4.78 is 12.4. The highest BCUT2D eigenvalue weighted by Crippen LogP contribution is 2.26. The van der Waals surface area contributed by atoms with Crippen LogP contribution >= 0.6 is 0 Å². The summed E-state index contributed by atoms with van der Waals surface area (Å²) in [5.74, 6) is 0. The first kappa shape index (κ1) is 22.1. The predicted molar refractivity (Wildman–Crippen MR) is 101 cm³/mol. The van der Waals surface area contributed by atoms with Crippen LogP contribution < -0.4 is 0 Å². The van der Waals surface area contributed by atoms with E-state index >= 15 is 0 Å². The molecule has 0 saturated heterocycles. The number of hydrogen-bond donors (Lipinski definition) is 0. The molecule has 0 aliphatic rings. The number of hydrogen-bond acceptors (Lipinski definition) is 2. The molecule has 0 heterocycles. The molecule has 0 radical (unpaired) electrons. The van der Waals surface area contributed by atoms with E-state index in [1.165, 1.54) is 82.7 Å². The van der Waals surface area contributed by atoms with Gasteiger partial charge in [0.25, 0.3) is 0 Å². The van der Waals surface area contributed by atoms with Gasteiger partial charge in [-0.1, -0.05) is 84.5 Å². The van der Waals surface area contributed by atoms with Crippen LogP contribution in [-0.4, -0.2) is 21.8 Å². The molecular weight excluding hydrogens is 288 g/mol. The van der Waals surface area contributed by atoms with Gasteiger partial charge in [-0.05, 0) is 25.9 Å². The lowest BCUT2D eigenvalue weighted by Gasteiger charge is -2.30. The minimum atomic E-state index is -1.92. The zero-order chi connectivity index (χ0) is 16.5. The lowest BCUT2D eigenvalue weighted by molar-refractivity contribution is 0.180. The average molecular weight is 331 g/mol. The summed E-state index contributed by atoms with van der Waals surface area (Å²) in [6.45, 7) is 10.4. The average Bonchev–Trinajstić information content (AvgIpc) is 2.51. The summed E-state index contributed by atoms with van der Waals surface area (Å²) >= 11 is 0. The van der Waals surface area contributed by atoms with Gasteiger partial charge in [-0.3, -0.25) is 0 Å². The largest absolute Gasteiger partial charge is 0.394 e. The van der Waals surface area contributed by atoms with E-state index in [9.17, 15) is 0 Å². The van der Waals surface area contributed by atoms with E-state index in [4.69, 9.17) is 8.85 Å². The van der Waals surface area contributed by atoms with Crippen LogP contribution in [0.4, 0.5) is 0 Å². The van der Waals surface area contributed by atoms with Crippen molar-refractivity contribution in [3.8, 4) is 0 Å². The third kappa shape index (κ3) is 11.7. The molecule has 0 N–H and O–H groups in total. The maximum atomic E-state index is 6.21. The quantitative estimate of drug-likeness (QED) is 0.215. The normalized spacial score (nSPS) is 12.0. The summed E-state index contributed by atoms with van der Waals surface area (Å²) in [6, 6.07) is 2.40. The van der Waals surface area contributed by atoms with Crippen molar-refractivity contribution in [1.29, 1.82) is 0 Å². The Hall–Kier alpha value is 0.137. The second kappa shape index (κ2) is 16.0. The monoisotopic (exact) mass is 330 g/mol. The summed E-state index contributed by atoms with van der Waals surface area (Å²) in [6.07, 6.45) is 14.9. The van der Waals surface area contributed by atoms with Crippen molar-refractivity contribution in [2.45, 2.75) is 110 Å². The second-order valence-electron chi connectivity index (χ2n) is 6.46. The molecule has 134 valence electrons. The van der Waals surface area contributed by atoms with Crippen LogP contribution in [0.2, 0.25) is 12.1 Å². The third-order valence-electron chi connectivity index (χ3n) is 4.39. The molecule has 0 aliphatic carbocycles. The number of rotatable bonds is 17. The van der Waals surface area contributed by atoms with Crippen molar-refractivity contribution >= 4 is 8.56 Å². The SMILES string of the molecule is CCCCCCCCC[Si](CCCCCC)(OCC)OCC. The molecule has 0 bridgehead atoms. The first-order chi connectivity index (χ1) is 10.7. The van der Waals surface area contributed by atoms with Crippen LogP contribution in [0.15, 0.2) is 0 Å². The highest BCUT2D eigenvalue weighted by atomic mass is 28.4. The molecule has 0 amide bonds. The molecule has 0 rings (SSSR count). The van der Waals surface area contributed by atoms with Crippen molar-refractivity contribution in [3.63, 3.8) is 0 Å². The Morgan fingerprint density at radius 3 is 1.27 bits per heavy atom. The molecular formula is C19H42O2Si. The summed E-state index contributed by atoms with van der Waals surface area (Å²) in [5.41, 5.74) is 0. The second-order valence-corrected chi connectivity index (χ2v) is 9.86. The van der Waals surface area contributed by atoms with Crippen LogP contribution in [0.3, 0.4) is 0 Å². The highest BCUT2D eigenvalue weighted by molar-refractivity contribution is 6.67. The molecule has 0 aromatic heterocycles. The van der Waals surface area contributed by atoms with Crippen molar-refractivity contribution in [2.24, 2.45) is 0 Å². The summed E-state index contributed by atoms with van der Waals surface area (Å²) in [7, 11) is -1.92. The summed E-state index contributed by atoms with van der Waals surface area (Å²) in [5, 5.41) is 0. The van der Waals surface area contributed by atoms with Gasteiger partial charge in [0.1, 0.15) is 0 Å². The van der Waals surface area contributed by atoms with Gasteiger partial charge in [-0.15, -0.1) is 0 Å². The fraction of sp³-hybridized carbons (Fsp3) is 1.00. The van der Waals surface area contributed by atoms with Crippen LogP contribution in [0.25, 0.3) is 0 Å². The fourth-order valence-corrected chi connectivity index (χ4v) is 6.69. The van der Waals surface area contributed by atoms with Crippen molar-refractivity contribution in [1.82, 2.24) is 0 Å². The first-order valence-corrected chi connectivity index (χ1v) is 12.3. The minimum Gasteiger partial charge on any atom is -0.394 e. The third-order valence-corrected chi connectivity index (χ3v) is 8.25. The van der Waals surface area contributed by atoms with Crippen LogP contribution in [-0.2, 0) is 8.85 Å². The topological polar surface area (TPSA) is 18.5 Å². The Balaban J connectivity index is 4.08. The molecule has 0 aliphatic heterocycles. The molecule has 0 aromatic rings. The Kier molecular flexibility index (Phi) is 16.1. The van der Waals surface area contributed by atoms with Gasteiger partial charge in [-0.2, -0.15) is 0 Å². The highest BCUT2D eigenvalue weighted by Gasteiger charge is 2.35. The van der Waals surface area contributed by atoms with Gasteiger partial charge in [0.15, 0.2) is 0 Å². The van der Waals surface area contributed by atoms with Crippen LogP contribution in [0.5, 0.6) is 0 Å². The molecule has 3 heteroatoms.